The monoisotopic (exact) mass is 238 g/mol. The van der Waals surface area contributed by atoms with Gasteiger partial charge in [0.1, 0.15) is 0 Å². The normalized spacial score (nSPS) is 10.6. The topological polar surface area (TPSA) is 40.5 Å². The first kappa shape index (κ1) is 16.2. The largest absolute Gasteiger partial charge is 0.396 e. The van der Waals surface area contributed by atoms with Crippen LogP contribution in [0, 0.1) is 17.3 Å². The molecule has 0 aromatic carbocycles. The van der Waals surface area contributed by atoms with Crippen LogP contribution in [-0.4, -0.2) is 23.4 Å². The van der Waals surface area contributed by atoms with E-state index in [0.29, 0.717) is 0 Å². The lowest BCUT2D eigenvalue weighted by Gasteiger charge is -2.29. The second-order valence-electron chi connectivity index (χ2n) is 4.92. The molecule has 17 heavy (non-hydrogen) atoms. The number of rotatable bonds is 8. The van der Waals surface area contributed by atoms with Crippen molar-refractivity contribution in [1.82, 2.24) is 0 Å². The van der Waals surface area contributed by atoms with E-state index in [0.717, 1.165) is 32.1 Å². The van der Waals surface area contributed by atoms with Gasteiger partial charge in [-0.15, -0.1) is 11.8 Å². The molecule has 0 aromatic rings. The quantitative estimate of drug-likeness (QED) is 0.388. The van der Waals surface area contributed by atoms with E-state index in [2.05, 4.69) is 31.8 Å². The van der Waals surface area contributed by atoms with Gasteiger partial charge in [0.15, 0.2) is 0 Å². The number of hydrogen-bond donors (Lipinski definition) is 2. The number of unbranched alkanes of at least 4 members (excludes halogenated alkanes) is 1. The van der Waals surface area contributed by atoms with Gasteiger partial charge in [0.05, 0.1) is 13.2 Å². The summed E-state index contributed by atoms with van der Waals surface area (Å²) < 4.78 is 0. The lowest BCUT2D eigenvalue weighted by atomic mass is 9.80. The molecular formula is C15H26O2. The Morgan fingerprint density at radius 3 is 2.29 bits per heavy atom. The molecule has 0 aliphatic rings. The van der Waals surface area contributed by atoms with Crippen LogP contribution in [0.25, 0.3) is 0 Å². The van der Waals surface area contributed by atoms with Crippen molar-refractivity contribution >= 4 is 0 Å². The molecule has 0 heterocycles. The highest BCUT2D eigenvalue weighted by atomic mass is 16.3. The van der Waals surface area contributed by atoms with Crippen LogP contribution in [0.4, 0.5) is 0 Å². The first-order valence-electron chi connectivity index (χ1n) is 6.35. The highest BCUT2D eigenvalue weighted by Gasteiger charge is 2.27. The maximum Gasteiger partial charge on any atom is 0.0509 e. The van der Waals surface area contributed by atoms with Crippen molar-refractivity contribution in [2.75, 3.05) is 13.2 Å². The molecule has 0 atom stereocenters. The molecule has 0 aliphatic carbocycles. The maximum atomic E-state index is 9.48. The molecule has 98 valence electrons. The third-order valence-corrected chi connectivity index (χ3v) is 3.08. The highest BCUT2D eigenvalue weighted by molar-refractivity contribution is 4.96. The molecule has 0 aromatic heterocycles. The number of aliphatic hydroxyl groups is 2. The molecular weight excluding hydrogens is 212 g/mol. The molecule has 2 N–H and O–H groups in total. The van der Waals surface area contributed by atoms with E-state index in [4.69, 9.17) is 0 Å². The fourth-order valence-electron chi connectivity index (χ4n) is 1.84. The third-order valence-electron chi connectivity index (χ3n) is 3.08. The summed E-state index contributed by atoms with van der Waals surface area (Å²) in [5.74, 6) is 5.88. The zero-order valence-electron chi connectivity index (χ0n) is 11.4. The van der Waals surface area contributed by atoms with Gasteiger partial charge >= 0.3 is 0 Å². The Morgan fingerprint density at radius 1 is 1.18 bits per heavy atom. The predicted octanol–water partition coefficient (Wildman–Crippen LogP) is 2.90. The van der Waals surface area contributed by atoms with Gasteiger partial charge in [-0.25, -0.2) is 0 Å². The summed E-state index contributed by atoms with van der Waals surface area (Å²) in [7, 11) is 0. The minimum absolute atomic E-state index is 0.0552. The zero-order chi connectivity index (χ0) is 13.1. The SMILES string of the molecule is CC#CCCCC(CO)(CO)CCC=C(C)C. The van der Waals surface area contributed by atoms with Gasteiger partial charge in [-0.3, -0.25) is 0 Å². The van der Waals surface area contributed by atoms with Gasteiger partial charge in [-0.05, 0) is 46.5 Å². The van der Waals surface area contributed by atoms with Crippen LogP contribution in [-0.2, 0) is 0 Å². The van der Waals surface area contributed by atoms with Crippen molar-refractivity contribution in [1.29, 1.82) is 0 Å². The molecule has 0 unspecified atom stereocenters. The second kappa shape index (κ2) is 9.27. The van der Waals surface area contributed by atoms with Crippen molar-refractivity contribution in [2.24, 2.45) is 5.41 Å². The summed E-state index contributed by atoms with van der Waals surface area (Å²) >= 11 is 0. The Bertz CT molecular complexity index is 273. The second-order valence-corrected chi connectivity index (χ2v) is 4.92. The van der Waals surface area contributed by atoms with Crippen molar-refractivity contribution in [3.8, 4) is 11.8 Å². The van der Waals surface area contributed by atoms with E-state index < -0.39 is 0 Å². The van der Waals surface area contributed by atoms with E-state index >= 15 is 0 Å². The minimum Gasteiger partial charge on any atom is -0.396 e. The first-order chi connectivity index (χ1) is 8.10. The fourth-order valence-corrected chi connectivity index (χ4v) is 1.84. The average molecular weight is 238 g/mol. The molecule has 0 aliphatic heterocycles. The Morgan fingerprint density at radius 2 is 1.82 bits per heavy atom. The molecule has 0 radical (unpaired) electrons. The molecule has 0 rings (SSSR count). The molecule has 0 fully saturated rings. The Labute approximate surface area is 106 Å². The van der Waals surface area contributed by atoms with Crippen molar-refractivity contribution in [2.45, 2.75) is 52.9 Å². The molecule has 2 heteroatoms. The molecule has 0 spiro atoms. The van der Waals surface area contributed by atoms with E-state index in [9.17, 15) is 10.2 Å². The van der Waals surface area contributed by atoms with Crippen LogP contribution in [0.3, 0.4) is 0 Å². The Balaban J connectivity index is 4.22. The lowest BCUT2D eigenvalue weighted by Crippen LogP contribution is -2.29. The zero-order valence-corrected chi connectivity index (χ0v) is 11.4. The number of hydrogen-bond acceptors (Lipinski definition) is 2. The van der Waals surface area contributed by atoms with E-state index in [-0.39, 0.29) is 18.6 Å². The van der Waals surface area contributed by atoms with Crippen molar-refractivity contribution in [3.05, 3.63) is 11.6 Å². The Kier molecular flexibility index (Phi) is 8.85. The van der Waals surface area contributed by atoms with Crippen LogP contribution >= 0.6 is 0 Å². The summed E-state index contributed by atoms with van der Waals surface area (Å²) in [4.78, 5) is 0. The van der Waals surface area contributed by atoms with Gasteiger partial charge in [0, 0.05) is 11.8 Å². The van der Waals surface area contributed by atoms with Crippen molar-refractivity contribution in [3.63, 3.8) is 0 Å². The van der Waals surface area contributed by atoms with Crippen LogP contribution in [0.2, 0.25) is 0 Å². The Hall–Kier alpha value is -0.780. The third kappa shape index (κ3) is 7.20. The smallest absolute Gasteiger partial charge is 0.0509 e. The molecule has 2 nitrogen and oxygen atoms in total. The summed E-state index contributed by atoms with van der Waals surface area (Å²) in [5.41, 5.74) is 0.952. The lowest BCUT2D eigenvalue weighted by molar-refractivity contribution is 0.0392. The van der Waals surface area contributed by atoms with Gasteiger partial charge in [0.2, 0.25) is 0 Å². The fraction of sp³-hybridized carbons (Fsp3) is 0.733. The minimum atomic E-state index is -0.332. The van der Waals surface area contributed by atoms with Crippen molar-refractivity contribution < 1.29 is 10.2 Å². The van der Waals surface area contributed by atoms with Gasteiger partial charge in [-0.1, -0.05) is 11.6 Å². The summed E-state index contributed by atoms with van der Waals surface area (Å²) in [6.07, 6.45) is 6.54. The molecule has 0 saturated carbocycles. The van der Waals surface area contributed by atoms with Gasteiger partial charge in [0.25, 0.3) is 0 Å². The maximum absolute atomic E-state index is 9.48. The number of allylic oxidation sites excluding steroid dienone is 2. The van der Waals surface area contributed by atoms with Gasteiger partial charge < -0.3 is 10.2 Å². The van der Waals surface area contributed by atoms with Crippen LogP contribution in [0.5, 0.6) is 0 Å². The first-order valence-corrected chi connectivity index (χ1v) is 6.35. The predicted molar refractivity (Wildman–Crippen MR) is 72.6 cm³/mol. The highest BCUT2D eigenvalue weighted by Crippen LogP contribution is 2.29. The van der Waals surface area contributed by atoms with E-state index in [1.165, 1.54) is 5.57 Å². The molecule has 0 saturated heterocycles. The van der Waals surface area contributed by atoms with Crippen LogP contribution in [0.1, 0.15) is 52.9 Å². The average Bonchev–Trinajstić information content (AvgIpc) is 2.32. The molecule has 0 bridgehead atoms. The summed E-state index contributed by atoms with van der Waals surface area (Å²) in [6, 6.07) is 0. The number of aliphatic hydroxyl groups excluding tert-OH is 2. The standard InChI is InChI=1S/C15H26O2/c1-4-5-6-7-10-15(12-16,13-17)11-8-9-14(2)3/h9,16-17H,6-8,10-13H2,1-3H3. The summed E-state index contributed by atoms with van der Waals surface area (Å²) in [5, 5.41) is 19.0. The van der Waals surface area contributed by atoms with Crippen LogP contribution in [0.15, 0.2) is 11.6 Å². The van der Waals surface area contributed by atoms with Crippen LogP contribution < -0.4 is 0 Å². The van der Waals surface area contributed by atoms with E-state index in [1.54, 1.807) is 0 Å². The molecule has 0 amide bonds. The summed E-state index contributed by atoms with van der Waals surface area (Å²) in [6.45, 7) is 6.08. The van der Waals surface area contributed by atoms with Gasteiger partial charge in [-0.2, -0.15) is 0 Å². The van der Waals surface area contributed by atoms with E-state index in [1.807, 2.05) is 6.92 Å².